The second kappa shape index (κ2) is 37.2. The summed E-state index contributed by atoms with van der Waals surface area (Å²) in [7, 11) is -1.78. The van der Waals surface area contributed by atoms with Gasteiger partial charge in [-0.3, -0.25) is 0 Å². The Balaban J connectivity index is 0.000000196. The van der Waals surface area contributed by atoms with Gasteiger partial charge in [-0.2, -0.15) is 0 Å². The summed E-state index contributed by atoms with van der Waals surface area (Å²) < 4.78 is 0. The summed E-state index contributed by atoms with van der Waals surface area (Å²) in [6.45, 7) is 0. The molecule has 12 aromatic rings. The Labute approximate surface area is 547 Å². The molecule has 3 nitrogen and oxygen atoms in total. The van der Waals surface area contributed by atoms with E-state index < -0.39 is 37.8 Å². The van der Waals surface area contributed by atoms with Crippen LogP contribution >= 0.6 is 31.7 Å². The normalized spacial score (nSPS) is 10.1. The minimum Gasteiger partial charge on any atom is -1.00 e. The zero-order valence-electron chi connectivity index (χ0n) is 46.5. The van der Waals surface area contributed by atoms with Crippen LogP contribution in [0, 0.1) is 0 Å². The predicted octanol–water partition coefficient (Wildman–Crippen LogP) is 11.1. The van der Waals surface area contributed by atoms with Crippen molar-refractivity contribution in [3.05, 3.63) is 364 Å². The van der Waals surface area contributed by atoms with Crippen LogP contribution in [0.4, 0.5) is 4.79 Å². The number of carboxylic acid groups (broad SMARTS) is 2. The van der Waals surface area contributed by atoms with Crippen molar-refractivity contribution in [2.45, 2.75) is 0 Å². The van der Waals surface area contributed by atoms with Gasteiger partial charge in [-0.05, 0) is 95.3 Å². The SMILES string of the molecule is O=C(O)O.[H-].[K+].[Pd].c1ccc(P(c2ccccc2)c2ccccc2)cc1.c1ccc(P(c2ccccc2)c2ccccc2)cc1.c1ccc(P(c2ccccc2)c2ccccc2)cc1.c1ccc(P(c2ccccc2)c2ccccc2)cc1. The largest absolute Gasteiger partial charge is 1.00 e. The smallest absolute Gasteiger partial charge is 1.00 e. The topological polar surface area (TPSA) is 57.5 Å². The second-order valence-corrected chi connectivity index (χ2v) is 26.5. The molecule has 0 saturated heterocycles. The van der Waals surface area contributed by atoms with Gasteiger partial charge in [0.25, 0.3) is 0 Å². The quantitative estimate of drug-likeness (QED) is 0.0947. The molecule has 0 bridgehead atoms. The van der Waals surface area contributed by atoms with Crippen LogP contribution in [0.15, 0.2) is 364 Å². The Morgan fingerprint density at radius 1 is 0.195 bits per heavy atom. The van der Waals surface area contributed by atoms with E-state index in [0.717, 1.165) is 0 Å². The van der Waals surface area contributed by atoms with E-state index in [9.17, 15) is 0 Å². The molecule has 82 heavy (non-hydrogen) atoms. The molecule has 0 aliphatic rings. The average Bonchev–Trinajstić information content (AvgIpc) is 3.62. The van der Waals surface area contributed by atoms with Gasteiger partial charge < -0.3 is 11.6 Å². The van der Waals surface area contributed by atoms with Crippen LogP contribution in [-0.2, 0) is 20.4 Å². The van der Waals surface area contributed by atoms with Crippen LogP contribution in [0.25, 0.3) is 0 Å². The molecular formula is C73H63KO3P4Pd. The van der Waals surface area contributed by atoms with Gasteiger partial charge in [0.05, 0.1) is 0 Å². The van der Waals surface area contributed by atoms with Crippen LogP contribution in [-0.4, -0.2) is 16.4 Å². The Morgan fingerprint density at radius 3 is 0.317 bits per heavy atom. The third-order valence-corrected chi connectivity index (χ3v) is 21.9. The van der Waals surface area contributed by atoms with E-state index in [1.165, 1.54) is 63.7 Å². The number of hydrogen-bond donors (Lipinski definition) is 2. The number of hydrogen-bond acceptors (Lipinski definition) is 1. The number of carbonyl (C=O) groups is 1. The number of rotatable bonds is 12. The summed E-state index contributed by atoms with van der Waals surface area (Å²) in [5, 5.41) is 30.7. The standard InChI is InChI=1S/4C18H15P.CH2O3.K.Pd.H/c4*1-4-10-16(11-5-1)19(17-12-6-2-7-13-17)18-14-8-3-9-15-18;2-1(3)4;;;/h4*1-15H;(H2,2,3,4);;;/q;;;;;+1;;-1. The summed E-state index contributed by atoms with van der Waals surface area (Å²) in [5.74, 6) is 0. The predicted molar refractivity (Wildman–Crippen MR) is 352 cm³/mol. The van der Waals surface area contributed by atoms with Gasteiger partial charge in [0, 0.05) is 20.4 Å². The molecule has 9 heteroatoms. The summed E-state index contributed by atoms with van der Waals surface area (Å²) in [5.41, 5.74) is 0. The van der Waals surface area contributed by atoms with Gasteiger partial charge in [-0.15, -0.1) is 0 Å². The van der Waals surface area contributed by atoms with Crippen molar-refractivity contribution in [1.29, 1.82) is 0 Å². The molecule has 12 aromatic carbocycles. The third-order valence-electron chi connectivity index (χ3n) is 12.2. The van der Waals surface area contributed by atoms with Crippen LogP contribution < -0.4 is 115 Å². The van der Waals surface area contributed by atoms with Gasteiger partial charge in [0.15, 0.2) is 0 Å². The molecular weight excluding hydrogens is 1190 g/mol. The Bertz CT molecular complexity index is 2710. The van der Waals surface area contributed by atoms with E-state index in [2.05, 4.69) is 364 Å². The molecule has 2 N–H and O–H groups in total. The van der Waals surface area contributed by atoms with Crippen LogP contribution in [0.5, 0.6) is 0 Å². The molecule has 0 aromatic heterocycles. The first kappa shape index (κ1) is 65.1. The van der Waals surface area contributed by atoms with E-state index in [-0.39, 0.29) is 73.2 Å². The monoisotopic (exact) mass is 1260 g/mol. The van der Waals surface area contributed by atoms with E-state index in [4.69, 9.17) is 15.0 Å². The molecule has 0 atom stereocenters. The molecule has 0 heterocycles. The number of benzene rings is 12. The van der Waals surface area contributed by atoms with Gasteiger partial charge in [0.1, 0.15) is 0 Å². The van der Waals surface area contributed by atoms with Crippen molar-refractivity contribution in [2.24, 2.45) is 0 Å². The van der Waals surface area contributed by atoms with Gasteiger partial charge in [-0.25, -0.2) is 4.79 Å². The second-order valence-electron chi connectivity index (χ2n) is 17.7. The molecule has 12 rings (SSSR count). The summed E-state index contributed by atoms with van der Waals surface area (Å²) in [4.78, 5) is 8.56. The van der Waals surface area contributed by atoms with E-state index in [1.54, 1.807) is 0 Å². The Hall–Kier alpha value is -6.07. The van der Waals surface area contributed by atoms with Crippen molar-refractivity contribution >= 4 is 101 Å². The molecule has 0 spiro atoms. The third kappa shape index (κ3) is 20.7. The fourth-order valence-electron chi connectivity index (χ4n) is 8.71. The zero-order valence-corrected chi connectivity index (χ0v) is 53.8. The minimum absolute atomic E-state index is 0. The maximum absolute atomic E-state index is 8.56. The van der Waals surface area contributed by atoms with Crippen LogP contribution in [0.3, 0.4) is 0 Å². The minimum atomic E-state index is -1.83. The molecule has 0 aliphatic heterocycles. The first-order chi connectivity index (χ1) is 39.5. The summed E-state index contributed by atoms with van der Waals surface area (Å²) in [6, 6.07) is 129. The van der Waals surface area contributed by atoms with Crippen molar-refractivity contribution in [3.8, 4) is 0 Å². The maximum Gasteiger partial charge on any atom is 1.00 e. The molecule has 0 unspecified atom stereocenters. The fraction of sp³-hybridized carbons (Fsp3) is 0. The van der Waals surface area contributed by atoms with Gasteiger partial charge in [-0.1, -0.05) is 364 Å². The van der Waals surface area contributed by atoms with Crippen LogP contribution in [0.2, 0.25) is 0 Å². The van der Waals surface area contributed by atoms with Gasteiger partial charge in [0.2, 0.25) is 0 Å². The molecule has 404 valence electrons. The molecule has 0 saturated carbocycles. The summed E-state index contributed by atoms with van der Waals surface area (Å²) >= 11 is 0. The van der Waals surface area contributed by atoms with Crippen molar-refractivity contribution in [3.63, 3.8) is 0 Å². The molecule has 0 amide bonds. The van der Waals surface area contributed by atoms with E-state index in [1.807, 2.05) is 0 Å². The maximum atomic E-state index is 8.56. The van der Waals surface area contributed by atoms with Crippen molar-refractivity contribution in [2.75, 3.05) is 0 Å². The van der Waals surface area contributed by atoms with Gasteiger partial charge >= 0.3 is 57.5 Å². The van der Waals surface area contributed by atoms with E-state index in [0.29, 0.717) is 0 Å². The van der Waals surface area contributed by atoms with E-state index >= 15 is 0 Å². The van der Waals surface area contributed by atoms with Crippen LogP contribution in [0.1, 0.15) is 1.43 Å². The first-order valence-electron chi connectivity index (χ1n) is 26.3. The fourth-order valence-corrected chi connectivity index (χ4v) is 17.9. The van der Waals surface area contributed by atoms with Crippen molar-refractivity contribution < 1.29 is 88.2 Å². The Morgan fingerprint density at radius 2 is 0.256 bits per heavy atom. The zero-order chi connectivity index (χ0) is 55.2. The average molecular weight is 1260 g/mol. The van der Waals surface area contributed by atoms with Crippen molar-refractivity contribution in [1.82, 2.24) is 0 Å². The molecule has 0 radical (unpaired) electrons. The first-order valence-corrected chi connectivity index (χ1v) is 31.6. The molecule has 0 fully saturated rings. The Kier molecular flexibility index (Phi) is 29.5. The molecule has 0 aliphatic carbocycles. The summed E-state index contributed by atoms with van der Waals surface area (Å²) in [6.07, 6.45) is -1.83.